The van der Waals surface area contributed by atoms with Crippen LogP contribution in [-0.4, -0.2) is 24.9 Å². The maximum Gasteiger partial charge on any atom is 0.354 e. The Bertz CT molecular complexity index is 1380. The number of fused-ring (bicyclic) bond motifs is 2. The molecule has 5 aromatic rings. The number of benzene rings is 2. The molecular formula is C19H13N7O2S2. The van der Waals surface area contributed by atoms with Crippen molar-refractivity contribution in [3.63, 3.8) is 0 Å². The molecule has 0 unspecified atom stereocenters. The maximum absolute atomic E-state index is 11.8. The third-order valence-electron chi connectivity index (χ3n) is 4.29. The normalized spacial score (nSPS) is 11.1. The number of aromatic nitrogens is 4. The van der Waals surface area contributed by atoms with E-state index in [1.165, 1.54) is 29.0 Å². The Morgan fingerprint density at radius 2 is 1.53 bits per heavy atom. The molecule has 0 aliphatic rings. The number of nitro groups is 1. The Morgan fingerprint density at radius 1 is 0.900 bits per heavy atom. The molecule has 0 spiro atoms. The average Bonchev–Trinajstić information content (AvgIpc) is 3.30. The van der Waals surface area contributed by atoms with E-state index >= 15 is 0 Å². The summed E-state index contributed by atoms with van der Waals surface area (Å²) >= 11 is 2.79. The first-order valence-electron chi connectivity index (χ1n) is 8.83. The quantitative estimate of drug-likeness (QED) is 0.278. The summed E-state index contributed by atoms with van der Waals surface area (Å²) in [6.07, 6.45) is 1.27. The fourth-order valence-electron chi connectivity index (χ4n) is 2.95. The third kappa shape index (κ3) is 3.40. The molecule has 2 N–H and O–H groups in total. The summed E-state index contributed by atoms with van der Waals surface area (Å²) < 4.78 is 1.96. The summed E-state index contributed by atoms with van der Waals surface area (Å²) in [5.74, 6) is 0.128. The van der Waals surface area contributed by atoms with Crippen molar-refractivity contribution in [3.8, 4) is 0 Å². The summed E-state index contributed by atoms with van der Waals surface area (Å²) in [6.45, 7) is 2.00. The number of rotatable bonds is 5. The van der Waals surface area contributed by atoms with Gasteiger partial charge in [-0.1, -0.05) is 40.9 Å². The number of para-hydroxylation sites is 1. The highest BCUT2D eigenvalue weighted by Crippen LogP contribution is 2.36. The van der Waals surface area contributed by atoms with Crippen molar-refractivity contribution in [1.82, 2.24) is 19.9 Å². The van der Waals surface area contributed by atoms with Gasteiger partial charge in [-0.15, -0.1) is 0 Å². The van der Waals surface area contributed by atoms with Gasteiger partial charge < -0.3 is 10.6 Å². The largest absolute Gasteiger partial charge is 0.354 e. The molecule has 0 saturated carbocycles. The lowest BCUT2D eigenvalue weighted by Gasteiger charge is -2.06. The summed E-state index contributed by atoms with van der Waals surface area (Å²) in [6, 6.07) is 13.5. The Labute approximate surface area is 177 Å². The lowest BCUT2D eigenvalue weighted by Crippen LogP contribution is -2.05. The summed E-state index contributed by atoms with van der Waals surface area (Å²) in [7, 11) is 0. The minimum absolute atomic E-state index is 0.0634. The van der Waals surface area contributed by atoms with Gasteiger partial charge in [-0.25, -0.2) is 19.9 Å². The lowest BCUT2D eigenvalue weighted by molar-refractivity contribution is -0.383. The molecule has 0 aliphatic carbocycles. The molecule has 148 valence electrons. The maximum atomic E-state index is 11.8. The van der Waals surface area contributed by atoms with Crippen LogP contribution >= 0.6 is 22.7 Å². The second-order valence-electron chi connectivity index (χ2n) is 6.40. The van der Waals surface area contributed by atoms with Gasteiger partial charge in [0.15, 0.2) is 10.3 Å². The van der Waals surface area contributed by atoms with Gasteiger partial charge in [0.25, 0.3) is 0 Å². The van der Waals surface area contributed by atoms with E-state index < -0.39 is 4.92 Å². The van der Waals surface area contributed by atoms with Crippen LogP contribution in [0.25, 0.3) is 20.4 Å². The second-order valence-corrected chi connectivity index (χ2v) is 8.46. The molecule has 11 heteroatoms. The number of aryl methyl sites for hydroxylation is 1. The molecule has 0 atom stereocenters. The molecule has 2 aromatic carbocycles. The fraction of sp³-hybridized carbons (Fsp3) is 0.0526. The van der Waals surface area contributed by atoms with Gasteiger partial charge in [0.2, 0.25) is 11.6 Å². The molecule has 0 saturated heterocycles. The van der Waals surface area contributed by atoms with Crippen LogP contribution in [0.3, 0.4) is 0 Å². The first-order valence-corrected chi connectivity index (χ1v) is 10.5. The topological polar surface area (TPSA) is 119 Å². The van der Waals surface area contributed by atoms with E-state index in [0.29, 0.717) is 10.3 Å². The van der Waals surface area contributed by atoms with Crippen molar-refractivity contribution in [1.29, 1.82) is 0 Å². The van der Waals surface area contributed by atoms with Crippen LogP contribution in [0.5, 0.6) is 0 Å². The molecule has 9 nitrogen and oxygen atoms in total. The third-order valence-corrected chi connectivity index (χ3v) is 6.18. The molecule has 0 amide bonds. The van der Waals surface area contributed by atoms with Crippen molar-refractivity contribution < 1.29 is 4.92 Å². The number of nitrogens with one attached hydrogen (secondary N) is 2. The summed E-state index contributed by atoms with van der Waals surface area (Å²) in [5.41, 5.74) is 2.47. The van der Waals surface area contributed by atoms with E-state index in [9.17, 15) is 10.1 Å². The Kier molecular flexibility index (Phi) is 4.45. The zero-order valence-electron chi connectivity index (χ0n) is 15.5. The van der Waals surface area contributed by atoms with Crippen molar-refractivity contribution in [2.24, 2.45) is 0 Å². The van der Waals surface area contributed by atoms with Gasteiger partial charge in [-0.3, -0.25) is 10.1 Å². The molecule has 0 fully saturated rings. The summed E-state index contributed by atoms with van der Waals surface area (Å²) in [4.78, 5) is 28.4. The molecule has 3 heterocycles. The van der Waals surface area contributed by atoms with Crippen LogP contribution in [0.1, 0.15) is 5.56 Å². The van der Waals surface area contributed by atoms with Crippen LogP contribution in [-0.2, 0) is 0 Å². The van der Waals surface area contributed by atoms with Gasteiger partial charge in [-0.05, 0) is 36.8 Å². The van der Waals surface area contributed by atoms with Crippen LogP contribution in [0.4, 0.5) is 27.6 Å². The molecule has 0 bridgehead atoms. The minimum atomic E-state index is -0.518. The molecular weight excluding hydrogens is 422 g/mol. The van der Waals surface area contributed by atoms with Crippen molar-refractivity contribution >= 4 is 70.7 Å². The summed E-state index contributed by atoms with van der Waals surface area (Å²) in [5, 5.41) is 18.8. The standard InChI is InChI=1S/C19H13N7O2S2/c1-10-6-7-12-14(8-10)30-19(23-12)25-17-15(26(27)28)16(20-9-21-17)24-18-22-11-4-2-3-5-13(11)29-18/h2-9H,1H3,(H2,20,21,22,23,24,25). The van der Waals surface area contributed by atoms with Crippen molar-refractivity contribution in [2.75, 3.05) is 10.6 Å². The zero-order chi connectivity index (χ0) is 20.7. The molecule has 30 heavy (non-hydrogen) atoms. The molecule has 3 aromatic heterocycles. The lowest BCUT2D eigenvalue weighted by atomic mass is 10.2. The van der Waals surface area contributed by atoms with Gasteiger partial charge in [0.1, 0.15) is 6.33 Å². The van der Waals surface area contributed by atoms with Gasteiger partial charge >= 0.3 is 5.69 Å². The Morgan fingerprint density at radius 3 is 2.20 bits per heavy atom. The monoisotopic (exact) mass is 435 g/mol. The van der Waals surface area contributed by atoms with Crippen LogP contribution in [0, 0.1) is 17.0 Å². The predicted octanol–water partition coefficient (Wildman–Crippen LogP) is 5.40. The molecule has 5 rings (SSSR count). The second kappa shape index (κ2) is 7.28. The predicted molar refractivity (Wildman–Crippen MR) is 119 cm³/mol. The van der Waals surface area contributed by atoms with E-state index in [0.717, 1.165) is 26.0 Å². The number of hydrogen-bond acceptors (Lipinski definition) is 10. The van der Waals surface area contributed by atoms with Crippen LogP contribution in [0.15, 0.2) is 48.8 Å². The van der Waals surface area contributed by atoms with E-state index in [-0.39, 0.29) is 17.3 Å². The van der Waals surface area contributed by atoms with E-state index in [1.807, 2.05) is 49.4 Å². The van der Waals surface area contributed by atoms with Gasteiger partial charge in [0, 0.05) is 0 Å². The van der Waals surface area contributed by atoms with Crippen molar-refractivity contribution in [3.05, 3.63) is 64.5 Å². The number of hydrogen-bond donors (Lipinski definition) is 2. The number of nitrogens with zero attached hydrogens (tertiary/aromatic N) is 5. The smallest absolute Gasteiger partial charge is 0.310 e. The van der Waals surface area contributed by atoms with E-state index in [2.05, 4.69) is 30.6 Å². The highest BCUT2D eigenvalue weighted by molar-refractivity contribution is 7.22. The zero-order valence-corrected chi connectivity index (χ0v) is 17.1. The highest BCUT2D eigenvalue weighted by Gasteiger charge is 2.25. The minimum Gasteiger partial charge on any atom is -0.310 e. The number of thiazole rings is 2. The van der Waals surface area contributed by atoms with E-state index in [1.54, 1.807) is 0 Å². The van der Waals surface area contributed by atoms with Gasteiger partial charge in [-0.2, -0.15) is 0 Å². The van der Waals surface area contributed by atoms with Crippen LogP contribution in [0.2, 0.25) is 0 Å². The average molecular weight is 435 g/mol. The highest BCUT2D eigenvalue weighted by atomic mass is 32.1. The van der Waals surface area contributed by atoms with E-state index in [4.69, 9.17) is 0 Å². The van der Waals surface area contributed by atoms with Crippen molar-refractivity contribution in [2.45, 2.75) is 6.92 Å². The Hall–Kier alpha value is -3.70. The fourth-order valence-corrected chi connectivity index (χ4v) is 4.78. The van der Waals surface area contributed by atoms with Crippen LogP contribution < -0.4 is 10.6 Å². The molecule has 0 radical (unpaired) electrons. The SMILES string of the molecule is Cc1ccc2nc(Nc3ncnc(Nc4nc5ccccc5s4)c3[N+](=O)[O-])sc2c1. The first kappa shape index (κ1) is 18.3. The van der Waals surface area contributed by atoms with Gasteiger partial charge in [0.05, 0.1) is 25.4 Å². The first-order chi connectivity index (χ1) is 14.6. The molecule has 0 aliphatic heterocycles. The number of anilines is 4. The Balaban J connectivity index is 1.51.